The molecule has 0 saturated carbocycles. The van der Waals surface area contributed by atoms with Crippen molar-refractivity contribution in [3.8, 4) is 0 Å². The van der Waals surface area contributed by atoms with Gasteiger partial charge in [0.1, 0.15) is 0 Å². The van der Waals surface area contributed by atoms with Crippen molar-refractivity contribution < 1.29 is 13.5 Å². The number of hydrogen-bond acceptors (Lipinski definition) is 3. The summed E-state index contributed by atoms with van der Waals surface area (Å²) in [5, 5.41) is 9.27. The van der Waals surface area contributed by atoms with Gasteiger partial charge in [-0.15, -0.1) is 0 Å². The van der Waals surface area contributed by atoms with Crippen LogP contribution in [0.15, 0.2) is 17.2 Å². The zero-order chi connectivity index (χ0) is 14.8. The summed E-state index contributed by atoms with van der Waals surface area (Å²) in [4.78, 5) is 0.203. The highest BCUT2D eigenvalue weighted by atomic mass is 32.2. The lowest BCUT2D eigenvalue weighted by Gasteiger charge is -2.18. The van der Waals surface area contributed by atoms with Crippen molar-refractivity contribution >= 4 is 10.0 Å². The SMILES string of the molecule is CC(C)n1cc(S(=O)(=O)NCC(C)(C)C)cc1CO. The van der Waals surface area contributed by atoms with E-state index in [9.17, 15) is 13.5 Å². The fraction of sp³-hybridized carbons (Fsp3) is 0.692. The fourth-order valence-corrected chi connectivity index (χ4v) is 2.98. The minimum Gasteiger partial charge on any atom is -0.390 e. The molecule has 0 radical (unpaired) electrons. The second-order valence-electron chi connectivity index (χ2n) is 6.21. The highest BCUT2D eigenvalue weighted by Gasteiger charge is 2.21. The monoisotopic (exact) mass is 288 g/mol. The largest absolute Gasteiger partial charge is 0.390 e. The quantitative estimate of drug-likeness (QED) is 0.869. The Bertz CT molecular complexity index is 525. The Labute approximate surface area is 115 Å². The van der Waals surface area contributed by atoms with Crippen LogP contribution in [0.3, 0.4) is 0 Å². The van der Waals surface area contributed by atoms with Gasteiger partial charge in [-0.3, -0.25) is 0 Å². The van der Waals surface area contributed by atoms with Crippen LogP contribution in [0.2, 0.25) is 0 Å². The average Bonchev–Trinajstić information content (AvgIpc) is 2.70. The number of sulfonamides is 1. The van der Waals surface area contributed by atoms with Gasteiger partial charge in [0, 0.05) is 24.5 Å². The molecular weight excluding hydrogens is 264 g/mol. The van der Waals surface area contributed by atoms with Crippen molar-refractivity contribution in [2.75, 3.05) is 6.54 Å². The molecule has 0 aliphatic heterocycles. The molecule has 0 aliphatic rings. The predicted molar refractivity (Wildman–Crippen MR) is 75.4 cm³/mol. The Morgan fingerprint density at radius 1 is 1.37 bits per heavy atom. The molecule has 0 aromatic carbocycles. The average molecular weight is 288 g/mol. The Kier molecular flexibility index (Phi) is 4.81. The van der Waals surface area contributed by atoms with Gasteiger partial charge in [-0.25, -0.2) is 13.1 Å². The summed E-state index contributed by atoms with van der Waals surface area (Å²) in [7, 11) is -3.52. The first-order valence-electron chi connectivity index (χ1n) is 6.38. The molecule has 0 unspecified atom stereocenters. The number of hydrogen-bond donors (Lipinski definition) is 2. The van der Waals surface area contributed by atoms with Crippen LogP contribution in [0.1, 0.15) is 46.4 Å². The van der Waals surface area contributed by atoms with Gasteiger partial charge >= 0.3 is 0 Å². The number of aliphatic hydroxyl groups excluding tert-OH is 1. The number of nitrogens with one attached hydrogen (secondary N) is 1. The van der Waals surface area contributed by atoms with E-state index in [1.807, 2.05) is 34.6 Å². The first-order chi connectivity index (χ1) is 8.57. The first kappa shape index (κ1) is 16.2. The summed E-state index contributed by atoms with van der Waals surface area (Å²) >= 11 is 0. The highest BCUT2D eigenvalue weighted by Crippen LogP contribution is 2.20. The van der Waals surface area contributed by atoms with Gasteiger partial charge in [0.15, 0.2) is 0 Å². The van der Waals surface area contributed by atoms with E-state index >= 15 is 0 Å². The van der Waals surface area contributed by atoms with Gasteiger partial charge in [0.2, 0.25) is 10.0 Å². The third-order valence-corrected chi connectivity index (χ3v) is 4.10. The van der Waals surface area contributed by atoms with Gasteiger partial charge in [-0.2, -0.15) is 0 Å². The van der Waals surface area contributed by atoms with E-state index in [-0.39, 0.29) is 23.0 Å². The lowest BCUT2D eigenvalue weighted by molar-refractivity contribution is 0.268. The van der Waals surface area contributed by atoms with Gasteiger partial charge < -0.3 is 9.67 Å². The van der Waals surface area contributed by atoms with Gasteiger partial charge in [-0.05, 0) is 25.3 Å². The molecule has 1 rings (SSSR count). The molecular formula is C13H24N2O3S. The molecule has 0 spiro atoms. The molecule has 0 fully saturated rings. The van der Waals surface area contributed by atoms with E-state index in [2.05, 4.69) is 4.72 Å². The van der Waals surface area contributed by atoms with Crippen LogP contribution in [0, 0.1) is 5.41 Å². The maximum Gasteiger partial charge on any atom is 0.242 e. The molecule has 110 valence electrons. The maximum atomic E-state index is 12.2. The molecule has 5 nitrogen and oxygen atoms in total. The fourth-order valence-electron chi connectivity index (χ4n) is 1.65. The van der Waals surface area contributed by atoms with Crippen LogP contribution in [-0.4, -0.2) is 24.6 Å². The standard InChI is InChI=1S/C13H24N2O3S/c1-10(2)15-7-12(6-11(15)8-16)19(17,18)14-9-13(3,4)5/h6-7,10,14,16H,8-9H2,1-5H3. The van der Waals surface area contributed by atoms with E-state index in [1.54, 1.807) is 10.8 Å². The molecule has 6 heteroatoms. The molecule has 19 heavy (non-hydrogen) atoms. The van der Waals surface area contributed by atoms with Crippen molar-refractivity contribution in [3.63, 3.8) is 0 Å². The van der Waals surface area contributed by atoms with Crippen LogP contribution in [0.5, 0.6) is 0 Å². The third-order valence-electron chi connectivity index (χ3n) is 2.73. The number of aliphatic hydroxyl groups is 1. The summed E-state index contributed by atoms with van der Waals surface area (Å²) in [5.74, 6) is 0. The molecule has 1 heterocycles. The summed E-state index contributed by atoms with van der Waals surface area (Å²) < 4.78 is 28.7. The number of nitrogens with zero attached hydrogens (tertiary/aromatic N) is 1. The summed E-state index contributed by atoms with van der Waals surface area (Å²) in [6, 6.07) is 1.62. The second-order valence-corrected chi connectivity index (χ2v) is 7.98. The van der Waals surface area contributed by atoms with Gasteiger partial charge in [-0.1, -0.05) is 20.8 Å². The zero-order valence-electron chi connectivity index (χ0n) is 12.3. The summed E-state index contributed by atoms with van der Waals surface area (Å²) in [6.45, 7) is 9.98. The van der Waals surface area contributed by atoms with E-state index in [4.69, 9.17) is 0 Å². The maximum absolute atomic E-state index is 12.2. The molecule has 1 aromatic rings. The molecule has 0 saturated heterocycles. The van der Waals surface area contributed by atoms with Crippen molar-refractivity contribution in [2.45, 2.75) is 52.2 Å². The minimum absolute atomic E-state index is 0.105. The smallest absolute Gasteiger partial charge is 0.242 e. The number of rotatable bonds is 5. The lowest BCUT2D eigenvalue weighted by atomic mass is 9.98. The summed E-state index contributed by atoms with van der Waals surface area (Å²) in [6.07, 6.45) is 1.57. The van der Waals surface area contributed by atoms with Crippen molar-refractivity contribution in [2.24, 2.45) is 5.41 Å². The van der Waals surface area contributed by atoms with E-state index in [1.165, 1.54) is 6.07 Å². The van der Waals surface area contributed by atoms with Crippen molar-refractivity contribution in [3.05, 3.63) is 18.0 Å². The first-order valence-corrected chi connectivity index (χ1v) is 7.86. The van der Waals surface area contributed by atoms with Crippen molar-refractivity contribution in [1.29, 1.82) is 0 Å². The normalized spacial score (nSPS) is 13.2. The van der Waals surface area contributed by atoms with Gasteiger partial charge in [0.25, 0.3) is 0 Å². The van der Waals surface area contributed by atoms with Gasteiger partial charge in [0.05, 0.1) is 11.5 Å². The lowest BCUT2D eigenvalue weighted by Crippen LogP contribution is -2.32. The Balaban J connectivity index is 3.02. The van der Waals surface area contributed by atoms with E-state index in [0.29, 0.717) is 12.2 Å². The van der Waals surface area contributed by atoms with Crippen molar-refractivity contribution in [1.82, 2.24) is 9.29 Å². The van der Waals surface area contributed by atoms with Crippen LogP contribution in [0.25, 0.3) is 0 Å². The molecule has 1 aromatic heterocycles. The molecule has 0 atom stereocenters. The Morgan fingerprint density at radius 2 is 1.95 bits per heavy atom. The molecule has 0 bridgehead atoms. The molecule has 2 N–H and O–H groups in total. The highest BCUT2D eigenvalue weighted by molar-refractivity contribution is 7.89. The van der Waals surface area contributed by atoms with Crippen LogP contribution < -0.4 is 4.72 Å². The second kappa shape index (κ2) is 5.64. The van der Waals surface area contributed by atoms with Crippen LogP contribution in [0.4, 0.5) is 0 Å². The minimum atomic E-state index is -3.52. The topological polar surface area (TPSA) is 71.3 Å². The van der Waals surface area contributed by atoms with Crippen LogP contribution in [-0.2, 0) is 16.6 Å². The summed E-state index contributed by atoms with van der Waals surface area (Å²) in [5.41, 5.74) is 0.485. The van der Waals surface area contributed by atoms with Crippen LogP contribution >= 0.6 is 0 Å². The predicted octanol–water partition coefficient (Wildman–Crippen LogP) is 1.89. The third kappa shape index (κ3) is 4.33. The number of aromatic nitrogens is 1. The zero-order valence-corrected chi connectivity index (χ0v) is 13.1. The molecule has 0 amide bonds. The Morgan fingerprint density at radius 3 is 2.32 bits per heavy atom. The van der Waals surface area contributed by atoms with E-state index < -0.39 is 10.0 Å². The Hall–Kier alpha value is -0.850. The molecule has 0 aliphatic carbocycles. The van der Waals surface area contributed by atoms with E-state index in [0.717, 1.165) is 0 Å².